The summed E-state index contributed by atoms with van der Waals surface area (Å²) in [6.45, 7) is 6.78. The predicted molar refractivity (Wildman–Crippen MR) is 119 cm³/mol. The maximum Gasteiger partial charge on any atom is 0.213 e. The van der Waals surface area contributed by atoms with Gasteiger partial charge in [-0.3, -0.25) is 4.99 Å². The van der Waals surface area contributed by atoms with Crippen molar-refractivity contribution in [2.75, 3.05) is 6.61 Å². The summed E-state index contributed by atoms with van der Waals surface area (Å²) in [5.74, 6) is -1.18. The zero-order valence-corrected chi connectivity index (χ0v) is 18.3. The molecule has 1 aliphatic rings. The fourth-order valence-electron chi connectivity index (χ4n) is 3.68. The van der Waals surface area contributed by atoms with Crippen LogP contribution >= 0.6 is 0 Å². The van der Waals surface area contributed by atoms with E-state index in [1.807, 2.05) is 12.1 Å². The Morgan fingerprint density at radius 1 is 0.938 bits per heavy atom. The van der Waals surface area contributed by atoms with Gasteiger partial charge in [0, 0.05) is 29.1 Å². The Labute approximate surface area is 186 Å². The van der Waals surface area contributed by atoms with Gasteiger partial charge in [0.25, 0.3) is 0 Å². The average Bonchev–Trinajstić information content (AvgIpc) is 3.21. The van der Waals surface area contributed by atoms with Gasteiger partial charge in [-0.15, -0.1) is 0 Å². The number of pyridine rings is 1. The van der Waals surface area contributed by atoms with Gasteiger partial charge < -0.3 is 4.74 Å². The smallest absolute Gasteiger partial charge is 0.213 e. The molecule has 166 valence electrons. The second-order valence-electron chi connectivity index (χ2n) is 9.20. The molecule has 3 nitrogen and oxygen atoms in total. The average molecular weight is 438 g/mol. The third kappa shape index (κ3) is 4.85. The number of hydrogen-bond donors (Lipinski definition) is 0. The molecule has 0 N–H and O–H groups in total. The Balaban J connectivity index is 1.52. The minimum Gasteiger partial charge on any atom is -0.477 e. The van der Waals surface area contributed by atoms with Crippen LogP contribution in [0.2, 0.25) is 0 Å². The van der Waals surface area contributed by atoms with E-state index in [1.54, 1.807) is 18.3 Å². The van der Waals surface area contributed by atoms with E-state index in [1.165, 1.54) is 24.3 Å². The van der Waals surface area contributed by atoms with Crippen molar-refractivity contribution in [3.05, 3.63) is 83.3 Å². The lowest BCUT2D eigenvalue weighted by Gasteiger charge is -2.18. The summed E-state index contributed by atoms with van der Waals surface area (Å²) < 4.78 is 48.8. The Morgan fingerprint density at radius 3 is 2.28 bits per heavy atom. The molecular weight excluding hydrogens is 413 g/mol. The highest BCUT2D eigenvalue weighted by Gasteiger charge is 2.26. The lowest BCUT2D eigenvalue weighted by molar-refractivity contribution is 0.191. The van der Waals surface area contributed by atoms with Crippen LogP contribution in [0.5, 0.6) is 5.88 Å². The van der Waals surface area contributed by atoms with Gasteiger partial charge in [0.05, 0.1) is 18.2 Å². The van der Waals surface area contributed by atoms with Gasteiger partial charge in [-0.25, -0.2) is 18.2 Å². The van der Waals surface area contributed by atoms with Gasteiger partial charge in [0.2, 0.25) is 5.88 Å². The fraction of sp³-hybridized carbons (Fsp3) is 0.308. The number of benzene rings is 2. The summed E-state index contributed by atoms with van der Waals surface area (Å²) in [5.41, 5.74) is 2.11. The van der Waals surface area contributed by atoms with Crippen LogP contribution < -0.4 is 4.74 Å². The van der Waals surface area contributed by atoms with Crippen molar-refractivity contribution in [3.63, 3.8) is 0 Å². The van der Waals surface area contributed by atoms with Gasteiger partial charge >= 0.3 is 0 Å². The molecule has 3 aromatic rings. The minimum atomic E-state index is -0.650. The van der Waals surface area contributed by atoms with E-state index in [4.69, 9.17) is 4.74 Å². The first kappa shape index (κ1) is 22.1. The topological polar surface area (TPSA) is 34.5 Å². The van der Waals surface area contributed by atoms with Gasteiger partial charge in [-0.05, 0) is 48.1 Å². The second kappa shape index (κ2) is 8.77. The number of rotatable bonds is 5. The van der Waals surface area contributed by atoms with Crippen molar-refractivity contribution in [2.45, 2.75) is 39.7 Å². The van der Waals surface area contributed by atoms with E-state index in [9.17, 15) is 13.2 Å². The van der Waals surface area contributed by atoms with Gasteiger partial charge in [-0.1, -0.05) is 39.0 Å². The zero-order valence-electron chi connectivity index (χ0n) is 18.3. The van der Waals surface area contributed by atoms with E-state index in [-0.39, 0.29) is 11.0 Å². The molecule has 0 spiro atoms. The molecule has 0 bridgehead atoms. The van der Waals surface area contributed by atoms with Crippen molar-refractivity contribution < 1.29 is 17.9 Å². The number of aromatic nitrogens is 1. The van der Waals surface area contributed by atoms with Crippen LogP contribution in [0.4, 0.5) is 13.2 Å². The highest BCUT2D eigenvalue weighted by Crippen LogP contribution is 2.35. The molecule has 32 heavy (non-hydrogen) atoms. The number of hydrogen-bond acceptors (Lipinski definition) is 3. The van der Waals surface area contributed by atoms with Crippen LogP contribution in [-0.2, 0) is 0 Å². The van der Waals surface area contributed by atoms with E-state index < -0.39 is 23.5 Å². The van der Waals surface area contributed by atoms with E-state index >= 15 is 0 Å². The monoisotopic (exact) mass is 438 g/mol. The predicted octanol–water partition coefficient (Wildman–Crippen LogP) is 6.92. The van der Waals surface area contributed by atoms with Gasteiger partial charge in [0.1, 0.15) is 17.5 Å². The molecule has 0 saturated heterocycles. The fourth-order valence-corrected chi connectivity index (χ4v) is 3.68. The normalized spacial score (nSPS) is 16.2. The standard InChI is InChI=1S/C26H25F3N2O/c1-26(2,3)15-32-24-12-8-17(14-30-24)16-7-9-18(21(29)13-16)22-10-11-23(31-22)25-19(27)5-4-6-20(25)28/h4-9,12-14,22H,10-11,15H2,1-3H3/t22-/m1/s1. The van der Waals surface area contributed by atoms with Crippen molar-refractivity contribution in [3.8, 4) is 17.0 Å². The second-order valence-corrected chi connectivity index (χ2v) is 9.20. The van der Waals surface area contributed by atoms with Crippen molar-refractivity contribution in [1.82, 2.24) is 4.98 Å². The lowest BCUT2D eigenvalue weighted by Crippen LogP contribution is -2.17. The largest absolute Gasteiger partial charge is 0.477 e. The number of ether oxygens (including phenoxy) is 1. The molecule has 1 aromatic heterocycles. The Bertz CT molecular complexity index is 1130. The van der Waals surface area contributed by atoms with Gasteiger partial charge in [-0.2, -0.15) is 0 Å². The Morgan fingerprint density at radius 2 is 1.66 bits per heavy atom. The molecule has 2 aromatic carbocycles. The van der Waals surface area contributed by atoms with E-state index in [0.29, 0.717) is 42.2 Å². The van der Waals surface area contributed by atoms with Crippen molar-refractivity contribution >= 4 is 5.71 Å². The van der Waals surface area contributed by atoms with Crippen molar-refractivity contribution in [1.29, 1.82) is 0 Å². The molecule has 0 fully saturated rings. The lowest BCUT2D eigenvalue weighted by atomic mass is 9.98. The maximum absolute atomic E-state index is 14.9. The summed E-state index contributed by atoms with van der Waals surface area (Å²) >= 11 is 0. The molecule has 1 aliphatic heterocycles. The van der Waals surface area contributed by atoms with Gasteiger partial charge in [0.15, 0.2) is 0 Å². The summed E-state index contributed by atoms with van der Waals surface area (Å²) in [6, 6.07) is 11.8. The highest BCUT2D eigenvalue weighted by molar-refractivity contribution is 6.02. The van der Waals surface area contributed by atoms with Crippen molar-refractivity contribution in [2.24, 2.45) is 10.4 Å². The SMILES string of the molecule is CC(C)(C)COc1ccc(-c2ccc([C@H]3CCC(c4c(F)cccc4F)=N3)c(F)c2)cn1. The van der Waals surface area contributed by atoms with Crippen LogP contribution in [0.15, 0.2) is 59.7 Å². The molecule has 6 heteroatoms. The molecule has 2 heterocycles. The molecule has 0 amide bonds. The molecule has 0 radical (unpaired) electrons. The Hall–Kier alpha value is -3.15. The van der Waals surface area contributed by atoms with E-state index in [2.05, 4.69) is 30.7 Å². The molecule has 1 atom stereocenters. The molecule has 0 unspecified atom stereocenters. The summed E-state index contributed by atoms with van der Waals surface area (Å²) in [5, 5.41) is 0. The summed E-state index contributed by atoms with van der Waals surface area (Å²) in [7, 11) is 0. The molecule has 4 rings (SSSR count). The van der Waals surface area contributed by atoms with Crippen LogP contribution in [0.3, 0.4) is 0 Å². The first-order chi connectivity index (χ1) is 15.2. The summed E-state index contributed by atoms with van der Waals surface area (Å²) in [6.07, 6.45) is 2.55. The summed E-state index contributed by atoms with van der Waals surface area (Å²) in [4.78, 5) is 8.74. The Kier molecular flexibility index (Phi) is 6.04. The van der Waals surface area contributed by atoms with Crippen LogP contribution in [0.25, 0.3) is 11.1 Å². The molecule has 0 saturated carbocycles. The molecule has 0 aliphatic carbocycles. The van der Waals surface area contributed by atoms with Crippen LogP contribution in [0.1, 0.15) is 50.8 Å². The maximum atomic E-state index is 14.9. The van der Waals surface area contributed by atoms with Crippen LogP contribution in [-0.4, -0.2) is 17.3 Å². The third-order valence-corrected chi connectivity index (χ3v) is 5.30. The number of aliphatic imine (C=N–C) groups is 1. The number of halogens is 3. The first-order valence-electron chi connectivity index (χ1n) is 10.6. The minimum absolute atomic E-state index is 0.0277. The van der Waals surface area contributed by atoms with E-state index in [0.717, 1.165) is 5.56 Å². The third-order valence-electron chi connectivity index (χ3n) is 5.30. The van der Waals surface area contributed by atoms with Crippen LogP contribution in [0, 0.1) is 22.9 Å². The molecular formula is C26H25F3N2O. The zero-order chi connectivity index (χ0) is 22.9. The highest BCUT2D eigenvalue weighted by atomic mass is 19.1. The first-order valence-corrected chi connectivity index (χ1v) is 10.6. The quantitative estimate of drug-likeness (QED) is 0.434. The number of nitrogens with zero attached hydrogens (tertiary/aromatic N) is 2.